The Balaban J connectivity index is 1.80. The van der Waals surface area contributed by atoms with Gasteiger partial charge in [0.25, 0.3) is 5.91 Å². The Morgan fingerprint density at radius 3 is 2.43 bits per heavy atom. The number of ether oxygens (including phenoxy) is 2. The van der Waals surface area contributed by atoms with Crippen LogP contribution >= 0.6 is 0 Å². The van der Waals surface area contributed by atoms with Crippen molar-refractivity contribution in [2.24, 2.45) is 5.92 Å². The fourth-order valence-corrected chi connectivity index (χ4v) is 4.27. The zero-order valence-corrected chi connectivity index (χ0v) is 20.3. The molecule has 1 aliphatic rings. The second-order valence-corrected chi connectivity index (χ2v) is 8.91. The van der Waals surface area contributed by atoms with Gasteiger partial charge in [0.1, 0.15) is 17.3 Å². The number of Topliss-reactive ketones (excluding diaryl/α,β-unsaturated/α-hetero) is 1. The van der Waals surface area contributed by atoms with Crippen molar-refractivity contribution < 1.29 is 28.6 Å². The van der Waals surface area contributed by atoms with Gasteiger partial charge in [0, 0.05) is 30.3 Å². The van der Waals surface area contributed by atoms with Crippen LogP contribution in [0.25, 0.3) is 11.3 Å². The molecule has 1 unspecified atom stereocenters. The van der Waals surface area contributed by atoms with Crippen LogP contribution in [0, 0.1) is 12.8 Å². The molecule has 1 aromatic heterocycles. The average molecular weight is 476 g/mol. The van der Waals surface area contributed by atoms with Gasteiger partial charge in [-0.25, -0.2) is 0 Å². The fourth-order valence-electron chi connectivity index (χ4n) is 4.27. The van der Waals surface area contributed by atoms with Gasteiger partial charge in [-0.15, -0.1) is 0 Å². The van der Waals surface area contributed by atoms with Gasteiger partial charge in [-0.2, -0.15) is 0 Å². The minimum absolute atomic E-state index is 0.0000885. The first-order valence-electron chi connectivity index (χ1n) is 11.5. The van der Waals surface area contributed by atoms with Crippen molar-refractivity contribution in [2.45, 2.75) is 33.2 Å². The monoisotopic (exact) mass is 475 g/mol. The van der Waals surface area contributed by atoms with E-state index in [4.69, 9.17) is 13.9 Å². The number of nitrogens with zero attached hydrogens (tertiary/aromatic N) is 1. The third-order valence-corrected chi connectivity index (χ3v) is 5.82. The minimum atomic E-state index is -0.849. The highest BCUT2D eigenvalue weighted by Crippen LogP contribution is 2.44. The van der Waals surface area contributed by atoms with E-state index in [0.29, 0.717) is 22.8 Å². The zero-order chi connectivity index (χ0) is 25.1. The lowest BCUT2D eigenvalue weighted by molar-refractivity contribution is -0.118. The van der Waals surface area contributed by atoms with E-state index in [1.807, 2.05) is 45.0 Å². The smallest absolute Gasteiger partial charge is 0.294 e. The molecule has 3 aromatic rings. The van der Waals surface area contributed by atoms with Crippen LogP contribution in [0.5, 0.6) is 5.75 Å². The normalized spacial score (nSPS) is 15.9. The van der Waals surface area contributed by atoms with Gasteiger partial charge in [0.2, 0.25) is 0 Å². The van der Waals surface area contributed by atoms with Crippen LogP contribution in [-0.2, 0) is 14.3 Å². The lowest BCUT2D eigenvalue weighted by Gasteiger charge is -2.28. The van der Waals surface area contributed by atoms with Crippen molar-refractivity contribution in [3.8, 4) is 17.1 Å². The number of furan rings is 1. The maximum Gasteiger partial charge on any atom is 0.294 e. The molecule has 2 aromatic carbocycles. The molecule has 0 bridgehead atoms. The second kappa shape index (κ2) is 10.2. The molecule has 7 nitrogen and oxygen atoms in total. The summed E-state index contributed by atoms with van der Waals surface area (Å²) < 4.78 is 16.5. The fraction of sp³-hybridized carbons (Fsp3) is 0.286. The first kappa shape index (κ1) is 24.3. The Morgan fingerprint density at radius 2 is 1.80 bits per heavy atom. The Kier molecular flexibility index (Phi) is 7.07. The summed E-state index contributed by atoms with van der Waals surface area (Å²) in [4.78, 5) is 28.1. The lowest BCUT2D eigenvalue weighted by Crippen LogP contribution is -2.31. The van der Waals surface area contributed by atoms with Crippen LogP contribution in [-0.4, -0.2) is 30.7 Å². The van der Waals surface area contributed by atoms with E-state index in [1.165, 1.54) is 12.0 Å². The average Bonchev–Trinajstić information content (AvgIpc) is 3.38. The standard InChI is InChI=1S/C28H29NO6/c1-17(2)15-22(30)25-26(21-7-5-6-8-24(21)34-16-33-4)29(28(32)27(25)31)20-12-10-19(11-13-20)23-14-9-18(3)35-23/h5-14,17,26,31H,15-16H2,1-4H3. The molecule has 35 heavy (non-hydrogen) atoms. The number of benzene rings is 2. The summed E-state index contributed by atoms with van der Waals surface area (Å²) in [6.45, 7) is 5.71. The number of amides is 1. The second-order valence-electron chi connectivity index (χ2n) is 8.91. The number of aryl methyl sites for hydroxylation is 1. The number of hydrogen-bond donors (Lipinski definition) is 1. The summed E-state index contributed by atoms with van der Waals surface area (Å²) in [5, 5.41) is 10.9. The van der Waals surface area contributed by atoms with Gasteiger partial charge in [0.15, 0.2) is 18.3 Å². The number of aliphatic hydroxyl groups is 1. The summed E-state index contributed by atoms with van der Waals surface area (Å²) in [7, 11) is 1.51. The van der Waals surface area contributed by atoms with Crippen molar-refractivity contribution >= 4 is 17.4 Å². The number of ketones is 1. The largest absolute Gasteiger partial charge is 0.503 e. The van der Waals surface area contributed by atoms with E-state index in [0.717, 1.165) is 11.3 Å². The Labute approximate surface area is 204 Å². The van der Waals surface area contributed by atoms with Gasteiger partial charge in [-0.1, -0.05) is 32.0 Å². The van der Waals surface area contributed by atoms with Gasteiger partial charge in [0.05, 0.1) is 11.6 Å². The number of para-hydroxylation sites is 1. The molecular formula is C28H29NO6. The molecule has 0 saturated heterocycles. The summed E-state index contributed by atoms with van der Waals surface area (Å²) in [6.07, 6.45) is 0.203. The van der Waals surface area contributed by atoms with Crippen molar-refractivity contribution in [2.75, 3.05) is 18.8 Å². The summed E-state index contributed by atoms with van der Waals surface area (Å²) in [5.74, 6) is 0.591. The molecule has 7 heteroatoms. The number of methoxy groups -OCH3 is 1. The van der Waals surface area contributed by atoms with E-state index >= 15 is 0 Å². The number of carbonyl (C=O) groups excluding carboxylic acids is 2. The number of carbonyl (C=O) groups is 2. The lowest BCUT2D eigenvalue weighted by atomic mass is 9.91. The molecule has 0 radical (unpaired) electrons. The number of aliphatic hydroxyl groups excluding tert-OH is 1. The van der Waals surface area contributed by atoms with Crippen LogP contribution in [0.3, 0.4) is 0 Å². The topological polar surface area (TPSA) is 89.2 Å². The maximum absolute atomic E-state index is 13.4. The molecule has 182 valence electrons. The molecule has 0 spiro atoms. The summed E-state index contributed by atoms with van der Waals surface area (Å²) in [5.41, 5.74) is 2.04. The molecule has 4 rings (SSSR count). The predicted octanol–water partition coefficient (Wildman–Crippen LogP) is 5.75. The summed E-state index contributed by atoms with van der Waals surface area (Å²) >= 11 is 0. The van der Waals surface area contributed by atoms with E-state index in [-0.39, 0.29) is 30.5 Å². The highest BCUT2D eigenvalue weighted by molar-refractivity contribution is 6.16. The van der Waals surface area contributed by atoms with Crippen molar-refractivity contribution in [1.29, 1.82) is 0 Å². The maximum atomic E-state index is 13.4. The number of rotatable bonds is 9. The molecule has 0 aliphatic carbocycles. The van der Waals surface area contributed by atoms with E-state index in [9.17, 15) is 14.7 Å². The Hall–Kier alpha value is -3.84. The highest BCUT2D eigenvalue weighted by Gasteiger charge is 2.45. The quantitative estimate of drug-likeness (QED) is 0.396. The van der Waals surface area contributed by atoms with Crippen molar-refractivity contribution in [3.63, 3.8) is 0 Å². The predicted molar refractivity (Wildman–Crippen MR) is 132 cm³/mol. The van der Waals surface area contributed by atoms with Crippen LogP contribution < -0.4 is 9.64 Å². The molecular weight excluding hydrogens is 446 g/mol. The molecule has 1 atom stereocenters. The minimum Gasteiger partial charge on any atom is -0.503 e. The molecule has 0 saturated carbocycles. The first-order valence-corrected chi connectivity index (χ1v) is 11.5. The highest BCUT2D eigenvalue weighted by atomic mass is 16.7. The molecule has 1 N–H and O–H groups in total. The van der Waals surface area contributed by atoms with E-state index in [2.05, 4.69) is 0 Å². The van der Waals surface area contributed by atoms with Crippen molar-refractivity contribution in [1.82, 2.24) is 0 Å². The third kappa shape index (κ3) is 4.86. The molecule has 1 amide bonds. The molecule has 2 heterocycles. The molecule has 0 fully saturated rings. The molecule has 1 aliphatic heterocycles. The van der Waals surface area contributed by atoms with Crippen LogP contribution in [0.4, 0.5) is 5.69 Å². The number of hydrogen-bond acceptors (Lipinski definition) is 6. The zero-order valence-electron chi connectivity index (χ0n) is 20.3. The summed E-state index contributed by atoms with van der Waals surface area (Å²) in [6, 6.07) is 17.3. The Morgan fingerprint density at radius 1 is 1.09 bits per heavy atom. The van der Waals surface area contributed by atoms with Gasteiger partial charge in [-0.05, 0) is 55.3 Å². The van der Waals surface area contributed by atoms with Gasteiger partial charge in [-0.3, -0.25) is 14.5 Å². The first-order chi connectivity index (χ1) is 16.8. The Bertz CT molecular complexity index is 1250. The van der Waals surface area contributed by atoms with Crippen LogP contribution in [0.15, 0.2) is 76.4 Å². The van der Waals surface area contributed by atoms with Crippen LogP contribution in [0.1, 0.15) is 37.6 Å². The SMILES string of the molecule is COCOc1ccccc1C1C(C(=O)CC(C)C)=C(O)C(=O)N1c1ccc(-c2ccc(C)o2)cc1. The van der Waals surface area contributed by atoms with Crippen molar-refractivity contribution in [3.05, 3.63) is 83.3 Å². The van der Waals surface area contributed by atoms with E-state index in [1.54, 1.807) is 36.4 Å². The van der Waals surface area contributed by atoms with Gasteiger partial charge < -0.3 is 19.0 Å². The van der Waals surface area contributed by atoms with E-state index < -0.39 is 17.7 Å². The third-order valence-electron chi connectivity index (χ3n) is 5.82. The van der Waals surface area contributed by atoms with Gasteiger partial charge >= 0.3 is 0 Å². The van der Waals surface area contributed by atoms with Crippen LogP contribution in [0.2, 0.25) is 0 Å². The number of anilines is 1.